The van der Waals surface area contributed by atoms with E-state index in [1.54, 1.807) is 0 Å². The Labute approximate surface area is 187 Å². The van der Waals surface area contributed by atoms with Gasteiger partial charge in [-0.2, -0.15) is 0 Å². The van der Waals surface area contributed by atoms with Crippen molar-refractivity contribution >= 4 is 45.1 Å². The monoisotopic (exact) mass is 602 g/mol. The first-order valence-corrected chi connectivity index (χ1v) is 16.0. The zero-order valence-electron chi connectivity index (χ0n) is 16.5. The number of benzene rings is 2. The maximum absolute atomic E-state index is 13.6. The second kappa shape index (κ2) is 10.0. The number of rotatable bonds is 8. The number of hydrogen-bond donors (Lipinski definition) is 0. The molecule has 0 aliphatic carbocycles. The van der Waals surface area contributed by atoms with Gasteiger partial charge in [0.05, 0.1) is 0 Å². The molecule has 2 rings (SSSR count). The molecule has 0 aromatic heterocycles. The fraction of sp³-hybridized carbons (Fsp3) is 0.400. The van der Waals surface area contributed by atoms with E-state index in [2.05, 4.69) is 59.6 Å². The van der Waals surface area contributed by atoms with Gasteiger partial charge in [-0.1, -0.05) is 0 Å². The molecule has 0 heterocycles. The molecule has 160 valence electrons. The molecule has 0 fully saturated rings. The Bertz CT molecular complexity index is 807. The molecule has 0 saturated heterocycles. The van der Waals surface area contributed by atoms with Crippen molar-refractivity contribution in [1.82, 2.24) is 0 Å². The molecule has 0 aliphatic rings. The Kier molecular flexibility index (Phi) is 8.50. The minimum absolute atomic E-state index is 0.217. The Morgan fingerprint density at radius 3 is 1.31 bits per heavy atom. The van der Waals surface area contributed by atoms with Gasteiger partial charge in [-0.25, -0.2) is 0 Å². The van der Waals surface area contributed by atoms with Crippen molar-refractivity contribution in [2.75, 3.05) is 10.9 Å². The molecule has 0 N–H and O–H groups in total. The van der Waals surface area contributed by atoms with Crippen molar-refractivity contribution in [3.05, 3.63) is 56.5 Å². The summed E-state index contributed by atoms with van der Waals surface area (Å²) < 4.78 is 67.0. The van der Waals surface area contributed by atoms with Crippen LogP contribution in [0.25, 0.3) is 0 Å². The second-order valence-electron chi connectivity index (χ2n) is 7.51. The zero-order chi connectivity index (χ0) is 21.9. The van der Waals surface area contributed by atoms with Crippen LogP contribution in [0.4, 0.5) is 17.6 Å². The standard InChI is InChI=1S/C20H22Br2F4GeO2/c1-11(2)27(12(3)4,9-28-19-7-17(25)15(23)5-13(19)21)10-29-20-8-18(26)16(24)6-14(20)22/h5-8,11-12H,9-10H2,1-4H3. The predicted molar refractivity (Wildman–Crippen MR) is 115 cm³/mol. The van der Waals surface area contributed by atoms with Crippen LogP contribution >= 0.6 is 31.9 Å². The summed E-state index contributed by atoms with van der Waals surface area (Å²) in [4.78, 5) is 0. The number of hydrogen-bond acceptors (Lipinski definition) is 2. The summed E-state index contributed by atoms with van der Waals surface area (Å²) in [5.41, 5.74) is 0.667. The summed E-state index contributed by atoms with van der Waals surface area (Å²) in [5.74, 6) is -3.47. The van der Waals surface area contributed by atoms with Crippen LogP contribution in [0.2, 0.25) is 9.50 Å². The SMILES string of the molecule is C[CH](C)[Ge]([CH2]Oc1cc(F)c(F)cc1Br)([CH2]Oc1cc(F)c(F)cc1Br)[CH](C)C. The van der Waals surface area contributed by atoms with Gasteiger partial charge >= 0.3 is 188 Å². The van der Waals surface area contributed by atoms with Crippen LogP contribution in [-0.2, 0) is 0 Å². The summed E-state index contributed by atoms with van der Waals surface area (Å²) in [7, 11) is 0. The van der Waals surface area contributed by atoms with Crippen LogP contribution in [0.5, 0.6) is 11.5 Å². The third kappa shape index (κ3) is 5.70. The molecular formula is C20H22Br2F4GeO2. The molecule has 0 saturated carbocycles. The van der Waals surface area contributed by atoms with Gasteiger partial charge in [-0.15, -0.1) is 0 Å². The van der Waals surface area contributed by atoms with E-state index in [9.17, 15) is 17.6 Å². The Hall–Kier alpha value is -0.737. The van der Waals surface area contributed by atoms with Gasteiger partial charge in [0.2, 0.25) is 0 Å². The van der Waals surface area contributed by atoms with Crippen LogP contribution in [0.15, 0.2) is 33.2 Å². The average molecular weight is 603 g/mol. The molecule has 0 spiro atoms. The van der Waals surface area contributed by atoms with Gasteiger partial charge in [-0.3, -0.25) is 0 Å². The van der Waals surface area contributed by atoms with E-state index < -0.39 is 36.5 Å². The molecule has 0 bridgehead atoms. The fourth-order valence-corrected chi connectivity index (χ4v) is 11.4. The van der Waals surface area contributed by atoms with Gasteiger partial charge < -0.3 is 0 Å². The fourth-order valence-electron chi connectivity index (χ4n) is 3.03. The number of ether oxygens (including phenoxy) is 2. The van der Waals surface area contributed by atoms with E-state index in [0.29, 0.717) is 19.8 Å². The second-order valence-corrected chi connectivity index (χ2v) is 20.5. The van der Waals surface area contributed by atoms with E-state index in [0.717, 1.165) is 24.3 Å². The molecular weight excluding hydrogens is 581 g/mol. The molecule has 0 aliphatic heterocycles. The zero-order valence-corrected chi connectivity index (χ0v) is 21.7. The van der Waals surface area contributed by atoms with E-state index in [-0.39, 0.29) is 21.0 Å². The summed E-state index contributed by atoms with van der Waals surface area (Å²) in [6, 6.07) is 4.08. The Morgan fingerprint density at radius 1 is 0.690 bits per heavy atom. The Balaban J connectivity index is 2.27. The van der Waals surface area contributed by atoms with Crippen molar-refractivity contribution in [2.45, 2.75) is 37.2 Å². The van der Waals surface area contributed by atoms with E-state index >= 15 is 0 Å². The van der Waals surface area contributed by atoms with Gasteiger partial charge in [0.15, 0.2) is 0 Å². The van der Waals surface area contributed by atoms with Crippen molar-refractivity contribution in [3.8, 4) is 11.5 Å². The number of halogens is 6. The maximum atomic E-state index is 13.6. The summed E-state index contributed by atoms with van der Waals surface area (Å²) in [6.45, 7) is 8.31. The molecule has 2 aromatic carbocycles. The van der Waals surface area contributed by atoms with Crippen LogP contribution in [0, 0.1) is 23.3 Å². The predicted octanol–water partition coefficient (Wildman–Crippen LogP) is 7.57. The quantitative estimate of drug-likeness (QED) is 0.176. The molecule has 0 radical (unpaired) electrons. The molecule has 2 nitrogen and oxygen atoms in total. The van der Waals surface area contributed by atoms with Crippen LogP contribution in [0.3, 0.4) is 0 Å². The summed E-state index contributed by atoms with van der Waals surface area (Å²) >= 11 is 3.42. The molecule has 0 unspecified atom stereocenters. The van der Waals surface area contributed by atoms with Crippen molar-refractivity contribution in [2.24, 2.45) is 0 Å². The summed E-state index contributed by atoms with van der Waals surface area (Å²) in [5, 5.41) is 0. The molecule has 0 amide bonds. The third-order valence-corrected chi connectivity index (χ3v) is 19.0. The Morgan fingerprint density at radius 2 is 1.00 bits per heavy atom. The first kappa shape index (κ1) is 24.5. The first-order chi connectivity index (χ1) is 13.5. The van der Waals surface area contributed by atoms with Crippen LogP contribution in [0.1, 0.15) is 27.7 Å². The van der Waals surface area contributed by atoms with Gasteiger partial charge in [0.1, 0.15) is 0 Å². The third-order valence-electron chi connectivity index (χ3n) is 5.24. The van der Waals surface area contributed by atoms with Crippen molar-refractivity contribution < 1.29 is 27.0 Å². The van der Waals surface area contributed by atoms with E-state index in [1.807, 2.05) is 0 Å². The average Bonchev–Trinajstić information content (AvgIpc) is 2.62. The molecule has 29 heavy (non-hydrogen) atoms. The van der Waals surface area contributed by atoms with Gasteiger partial charge in [0.25, 0.3) is 0 Å². The van der Waals surface area contributed by atoms with Crippen LogP contribution < -0.4 is 9.47 Å². The summed E-state index contributed by atoms with van der Waals surface area (Å²) in [6.07, 6.45) is 0. The van der Waals surface area contributed by atoms with E-state index in [1.165, 1.54) is 0 Å². The van der Waals surface area contributed by atoms with Crippen molar-refractivity contribution in [3.63, 3.8) is 0 Å². The molecule has 0 atom stereocenters. The van der Waals surface area contributed by atoms with Crippen molar-refractivity contribution in [1.29, 1.82) is 0 Å². The topological polar surface area (TPSA) is 18.5 Å². The molecule has 2 aromatic rings. The van der Waals surface area contributed by atoms with Crippen LogP contribution in [-0.4, -0.2) is 24.1 Å². The van der Waals surface area contributed by atoms with Gasteiger partial charge in [0, 0.05) is 0 Å². The first-order valence-electron chi connectivity index (χ1n) is 9.02. The normalized spacial score (nSPS) is 12.0. The molecule has 9 heteroatoms. The minimum atomic E-state index is -2.97. The van der Waals surface area contributed by atoms with E-state index in [4.69, 9.17) is 9.47 Å². The van der Waals surface area contributed by atoms with Gasteiger partial charge in [-0.05, 0) is 0 Å².